The van der Waals surface area contributed by atoms with Crippen LogP contribution in [0.5, 0.6) is 0 Å². The molecule has 0 fully saturated rings. The first-order valence-electron chi connectivity index (χ1n) is 7.16. The summed E-state index contributed by atoms with van der Waals surface area (Å²) in [6.07, 6.45) is 1.69. The Morgan fingerprint density at radius 3 is 2.91 bits per heavy atom. The predicted molar refractivity (Wildman–Crippen MR) is 84.6 cm³/mol. The third-order valence-corrected chi connectivity index (χ3v) is 4.38. The van der Waals surface area contributed by atoms with Gasteiger partial charge in [0, 0.05) is 17.0 Å². The third-order valence-electron chi connectivity index (χ3n) is 4.15. The zero-order chi connectivity index (χ0) is 15.1. The van der Waals surface area contributed by atoms with Gasteiger partial charge in [0.15, 0.2) is 5.82 Å². The summed E-state index contributed by atoms with van der Waals surface area (Å²) in [5.74, 6) is 0.860. The Labute approximate surface area is 133 Å². The maximum absolute atomic E-state index is 10.6. The zero-order valence-corrected chi connectivity index (χ0v) is 12.5. The normalized spacial score (nSPS) is 17.1. The van der Waals surface area contributed by atoms with Crippen molar-refractivity contribution in [2.45, 2.75) is 18.6 Å². The van der Waals surface area contributed by atoms with Crippen LogP contribution in [0.2, 0.25) is 5.02 Å². The van der Waals surface area contributed by atoms with Crippen LogP contribution in [0.3, 0.4) is 0 Å². The highest BCUT2D eigenvalue weighted by molar-refractivity contribution is 6.30. The first-order valence-corrected chi connectivity index (χ1v) is 7.54. The van der Waals surface area contributed by atoms with E-state index in [0.717, 1.165) is 17.0 Å². The summed E-state index contributed by atoms with van der Waals surface area (Å²) in [4.78, 5) is 0. The number of hydrogen-bond donors (Lipinski definition) is 1. The van der Waals surface area contributed by atoms with E-state index in [1.165, 1.54) is 5.56 Å². The second-order valence-electron chi connectivity index (χ2n) is 5.47. The lowest BCUT2D eigenvalue weighted by Crippen LogP contribution is -2.10. The van der Waals surface area contributed by atoms with Crippen molar-refractivity contribution in [2.24, 2.45) is 0 Å². The number of aromatic nitrogens is 3. The Kier molecular flexibility index (Phi) is 3.21. The van der Waals surface area contributed by atoms with Crippen LogP contribution in [0, 0.1) is 0 Å². The van der Waals surface area contributed by atoms with Crippen molar-refractivity contribution >= 4 is 11.6 Å². The standard InChI is InChI=1S/C17H14ClN3O/c18-12-5-3-4-11(8-12)16(22)9-15-13-6-1-2-7-14(13)17-20-19-10-21(15)17/h1-8,10,15-16,22H,9H2. The van der Waals surface area contributed by atoms with E-state index in [-0.39, 0.29) is 6.04 Å². The molecular formula is C17H14ClN3O. The molecule has 2 aromatic carbocycles. The Morgan fingerprint density at radius 2 is 2.05 bits per heavy atom. The topological polar surface area (TPSA) is 50.9 Å². The predicted octanol–water partition coefficient (Wildman–Crippen LogP) is 3.63. The van der Waals surface area contributed by atoms with Gasteiger partial charge in [-0.05, 0) is 23.3 Å². The Bertz CT molecular complexity index is 830. The molecule has 0 spiro atoms. The number of aliphatic hydroxyl groups excluding tert-OH is 1. The molecule has 2 atom stereocenters. The Balaban J connectivity index is 1.69. The van der Waals surface area contributed by atoms with Crippen LogP contribution in [0.25, 0.3) is 11.4 Å². The van der Waals surface area contributed by atoms with E-state index in [0.29, 0.717) is 11.4 Å². The third kappa shape index (κ3) is 2.12. The van der Waals surface area contributed by atoms with Gasteiger partial charge in [-0.2, -0.15) is 0 Å². The molecular weight excluding hydrogens is 298 g/mol. The lowest BCUT2D eigenvalue weighted by Gasteiger charge is -2.19. The SMILES string of the molecule is OC(CC1c2ccccc2-c2nncn21)c1cccc(Cl)c1. The van der Waals surface area contributed by atoms with Gasteiger partial charge in [-0.15, -0.1) is 10.2 Å². The number of nitrogens with zero attached hydrogens (tertiary/aromatic N) is 3. The van der Waals surface area contributed by atoms with Gasteiger partial charge in [-0.1, -0.05) is 48.0 Å². The molecule has 4 nitrogen and oxygen atoms in total. The lowest BCUT2D eigenvalue weighted by molar-refractivity contribution is 0.154. The molecule has 0 bridgehead atoms. The maximum Gasteiger partial charge on any atom is 0.164 e. The molecule has 22 heavy (non-hydrogen) atoms. The lowest BCUT2D eigenvalue weighted by atomic mass is 9.96. The van der Waals surface area contributed by atoms with Crippen LogP contribution in [0.1, 0.15) is 29.7 Å². The summed E-state index contributed by atoms with van der Waals surface area (Å²) in [5.41, 5.74) is 3.09. The molecule has 1 aliphatic rings. The number of aliphatic hydroxyl groups is 1. The van der Waals surface area contributed by atoms with Gasteiger partial charge < -0.3 is 9.67 Å². The van der Waals surface area contributed by atoms with Crippen molar-refractivity contribution < 1.29 is 5.11 Å². The number of benzene rings is 2. The molecule has 5 heteroatoms. The van der Waals surface area contributed by atoms with Gasteiger partial charge in [-0.3, -0.25) is 0 Å². The zero-order valence-electron chi connectivity index (χ0n) is 11.7. The van der Waals surface area contributed by atoms with Gasteiger partial charge in [0.1, 0.15) is 6.33 Å². The molecule has 0 aliphatic carbocycles. The molecule has 1 aliphatic heterocycles. The molecule has 0 radical (unpaired) electrons. The molecule has 0 saturated carbocycles. The fourth-order valence-electron chi connectivity index (χ4n) is 3.11. The van der Waals surface area contributed by atoms with E-state index in [1.807, 2.05) is 34.9 Å². The number of halogens is 1. The number of hydrogen-bond acceptors (Lipinski definition) is 3. The minimum absolute atomic E-state index is 0.0372. The minimum Gasteiger partial charge on any atom is -0.388 e. The second kappa shape index (κ2) is 5.23. The van der Waals surface area contributed by atoms with E-state index in [1.54, 1.807) is 18.5 Å². The fourth-order valence-corrected chi connectivity index (χ4v) is 3.31. The quantitative estimate of drug-likeness (QED) is 0.803. The average Bonchev–Trinajstić information content (AvgIpc) is 3.10. The van der Waals surface area contributed by atoms with E-state index in [2.05, 4.69) is 16.3 Å². The molecule has 0 amide bonds. The van der Waals surface area contributed by atoms with E-state index in [4.69, 9.17) is 11.6 Å². The molecule has 3 aromatic rings. The van der Waals surface area contributed by atoms with Gasteiger partial charge in [0.05, 0.1) is 12.1 Å². The van der Waals surface area contributed by atoms with E-state index >= 15 is 0 Å². The largest absolute Gasteiger partial charge is 0.388 e. The summed E-state index contributed by atoms with van der Waals surface area (Å²) in [5, 5.41) is 19.4. The number of fused-ring (bicyclic) bond motifs is 3. The summed E-state index contributed by atoms with van der Waals surface area (Å²) in [6, 6.07) is 15.5. The van der Waals surface area contributed by atoms with Gasteiger partial charge in [0.2, 0.25) is 0 Å². The first kappa shape index (κ1) is 13.5. The van der Waals surface area contributed by atoms with Crippen molar-refractivity contribution in [3.8, 4) is 11.4 Å². The van der Waals surface area contributed by atoms with Crippen LogP contribution in [-0.2, 0) is 0 Å². The fraction of sp³-hybridized carbons (Fsp3) is 0.176. The molecule has 1 aromatic heterocycles. The van der Waals surface area contributed by atoms with Crippen LogP contribution in [-0.4, -0.2) is 19.9 Å². The second-order valence-corrected chi connectivity index (χ2v) is 5.91. The van der Waals surface area contributed by atoms with Crippen molar-refractivity contribution in [1.29, 1.82) is 0 Å². The van der Waals surface area contributed by atoms with Crippen molar-refractivity contribution in [1.82, 2.24) is 14.8 Å². The van der Waals surface area contributed by atoms with Crippen LogP contribution < -0.4 is 0 Å². The highest BCUT2D eigenvalue weighted by Crippen LogP contribution is 2.42. The highest BCUT2D eigenvalue weighted by Gasteiger charge is 2.31. The van der Waals surface area contributed by atoms with Crippen LogP contribution >= 0.6 is 11.6 Å². The molecule has 2 heterocycles. The van der Waals surface area contributed by atoms with Crippen LogP contribution in [0.15, 0.2) is 54.9 Å². The van der Waals surface area contributed by atoms with Crippen LogP contribution in [0.4, 0.5) is 0 Å². The monoisotopic (exact) mass is 311 g/mol. The van der Waals surface area contributed by atoms with Crippen molar-refractivity contribution in [2.75, 3.05) is 0 Å². The molecule has 1 N–H and O–H groups in total. The number of rotatable bonds is 3. The van der Waals surface area contributed by atoms with E-state index < -0.39 is 6.10 Å². The maximum atomic E-state index is 10.6. The van der Waals surface area contributed by atoms with Gasteiger partial charge in [-0.25, -0.2) is 0 Å². The highest BCUT2D eigenvalue weighted by atomic mass is 35.5. The molecule has 110 valence electrons. The molecule has 0 saturated heterocycles. The average molecular weight is 312 g/mol. The smallest absolute Gasteiger partial charge is 0.164 e. The van der Waals surface area contributed by atoms with Crippen molar-refractivity contribution in [3.05, 3.63) is 71.0 Å². The molecule has 4 rings (SSSR count). The van der Waals surface area contributed by atoms with Crippen molar-refractivity contribution in [3.63, 3.8) is 0 Å². The first-order chi connectivity index (χ1) is 10.7. The summed E-state index contributed by atoms with van der Waals surface area (Å²) >= 11 is 6.01. The summed E-state index contributed by atoms with van der Waals surface area (Å²) in [7, 11) is 0. The molecule has 2 unspecified atom stereocenters. The minimum atomic E-state index is -0.592. The Hall–Kier alpha value is -2.17. The Morgan fingerprint density at radius 1 is 1.18 bits per heavy atom. The summed E-state index contributed by atoms with van der Waals surface area (Å²) in [6.45, 7) is 0. The van der Waals surface area contributed by atoms with Gasteiger partial charge >= 0.3 is 0 Å². The van der Waals surface area contributed by atoms with E-state index in [9.17, 15) is 5.11 Å². The summed E-state index contributed by atoms with van der Waals surface area (Å²) < 4.78 is 2.03. The van der Waals surface area contributed by atoms with Gasteiger partial charge in [0.25, 0.3) is 0 Å².